The van der Waals surface area contributed by atoms with E-state index in [2.05, 4.69) is 68.9 Å². The minimum Gasteiger partial charge on any atom is -0.349 e. The van der Waals surface area contributed by atoms with Crippen molar-refractivity contribution in [1.29, 1.82) is 0 Å². The van der Waals surface area contributed by atoms with Crippen molar-refractivity contribution >= 4 is 34.0 Å². The molecular weight excluding hydrogens is 873 g/mol. The van der Waals surface area contributed by atoms with Crippen LogP contribution in [0.2, 0.25) is 0 Å². The molecule has 0 saturated heterocycles. The van der Waals surface area contributed by atoms with E-state index in [1.807, 2.05) is 150 Å². The summed E-state index contributed by atoms with van der Waals surface area (Å²) >= 11 is 4.96. The maximum Gasteiger partial charge on any atom is 0.102 e. The molecule has 9 rings (SSSR count). The first kappa shape index (κ1) is 77.2. The summed E-state index contributed by atoms with van der Waals surface area (Å²) in [6.45, 7) is 18.0. The summed E-state index contributed by atoms with van der Waals surface area (Å²) in [5, 5.41) is 5.12. The summed E-state index contributed by atoms with van der Waals surface area (Å²) in [6, 6.07) is 24.0. The lowest BCUT2D eigenvalue weighted by atomic mass is 10.2. The summed E-state index contributed by atoms with van der Waals surface area (Å²) in [4.78, 5) is 38.1. The monoisotopic (exact) mass is 961 g/mol. The average molecular weight is 962 g/mol. The molecule has 0 saturated carbocycles. The molecule has 0 aliphatic carbocycles. The van der Waals surface area contributed by atoms with E-state index in [0.717, 1.165) is 27.9 Å². The van der Waals surface area contributed by atoms with E-state index in [-0.39, 0.29) is 59.4 Å². The van der Waals surface area contributed by atoms with Crippen LogP contribution in [0.4, 0.5) is 0 Å². The minimum atomic E-state index is 0. The third-order valence-electron chi connectivity index (χ3n) is 6.35. The molecule has 66 heavy (non-hydrogen) atoms. The highest BCUT2D eigenvalue weighted by Gasteiger charge is 1.79. The number of aryl methyl sites for hydroxylation is 9. The second kappa shape index (κ2) is 53.3. The standard InChI is InChI=1S/C7H8.3C6H7N.2C4H6N2.3C4H5NS.8CH4/c1-7-5-3-2-4-6-7;1-6-2-4-7-5-3-6;1-6-3-2-4-7-5-6;1-6-4-2-3-5-7-6;1-4-2-5-3-6-4;1-4-5-2-3-6-4;1-4-2-6-3-5-4;1-4-2-5-3-6-4;1-4-5-2-3-6-4;;;;;;;;/h2-6H,1H3;3*2-5H,1H3;2*2-3H,1H3,(H,5,6);3*2-3H,1H3;8*1H4. The average Bonchev–Trinajstić information content (AvgIpc) is 4.10. The van der Waals surface area contributed by atoms with Gasteiger partial charge in [0, 0.05) is 94.7 Å². The van der Waals surface area contributed by atoms with Crippen molar-refractivity contribution in [3.63, 3.8) is 0 Å². The predicted molar refractivity (Wildman–Crippen MR) is 299 cm³/mol. The second-order valence-corrected chi connectivity index (χ2v) is 14.8. The van der Waals surface area contributed by atoms with E-state index in [9.17, 15) is 0 Å². The molecule has 0 aliphatic heterocycles. The first-order valence-electron chi connectivity index (χ1n) is 18.1. The Morgan fingerprint density at radius 2 is 1.06 bits per heavy atom. The zero-order valence-corrected chi connectivity index (χ0v) is 37.3. The van der Waals surface area contributed by atoms with E-state index in [1.165, 1.54) is 21.6 Å². The number of aromatic nitrogens is 10. The number of aromatic amines is 2. The fourth-order valence-corrected chi connectivity index (χ4v) is 4.77. The van der Waals surface area contributed by atoms with E-state index in [4.69, 9.17) is 0 Å². The number of rotatable bonds is 0. The third kappa shape index (κ3) is 50.6. The van der Waals surface area contributed by atoms with Crippen LogP contribution in [0.15, 0.2) is 163 Å². The number of nitrogens with one attached hydrogen (secondary N) is 2. The van der Waals surface area contributed by atoms with Crippen LogP contribution in [0.1, 0.15) is 109 Å². The van der Waals surface area contributed by atoms with Gasteiger partial charge in [-0.05, 0) is 104 Å². The number of H-pyrrole nitrogens is 2. The Morgan fingerprint density at radius 3 is 1.26 bits per heavy atom. The minimum absolute atomic E-state index is 0. The van der Waals surface area contributed by atoms with Crippen LogP contribution in [0.25, 0.3) is 0 Å². The topological polar surface area (TPSA) is 135 Å². The Balaban J connectivity index is -0.0000000942. The number of pyridine rings is 3. The van der Waals surface area contributed by atoms with E-state index < -0.39 is 0 Å². The zero-order chi connectivity index (χ0) is 42.5. The molecule has 0 spiro atoms. The molecule has 10 nitrogen and oxygen atoms in total. The molecule has 0 aliphatic rings. The highest BCUT2D eigenvalue weighted by Crippen LogP contribution is 2.00. The lowest BCUT2D eigenvalue weighted by molar-refractivity contribution is 1.15. The quantitative estimate of drug-likeness (QED) is 0.153. The molecule has 8 heterocycles. The van der Waals surface area contributed by atoms with Crippen LogP contribution in [0, 0.1) is 62.3 Å². The normalized spacial score (nSPS) is 7.71. The smallest absolute Gasteiger partial charge is 0.102 e. The van der Waals surface area contributed by atoms with Crippen LogP contribution in [0.3, 0.4) is 0 Å². The van der Waals surface area contributed by atoms with E-state index in [0.29, 0.717) is 0 Å². The van der Waals surface area contributed by atoms with Gasteiger partial charge in [-0.3, -0.25) is 29.9 Å². The van der Waals surface area contributed by atoms with Crippen LogP contribution in [0.5, 0.6) is 0 Å². The largest absolute Gasteiger partial charge is 0.349 e. The molecule has 2 N–H and O–H groups in total. The van der Waals surface area contributed by atoms with Gasteiger partial charge in [0.25, 0.3) is 0 Å². The van der Waals surface area contributed by atoms with Crippen LogP contribution in [-0.4, -0.2) is 49.8 Å². The summed E-state index contributed by atoms with van der Waals surface area (Å²) in [7, 11) is 0. The van der Waals surface area contributed by atoms with Crippen molar-refractivity contribution in [2.75, 3.05) is 0 Å². The first-order valence-corrected chi connectivity index (χ1v) is 20.8. The molecular formula is C53H88N10S3. The maximum atomic E-state index is 3.98. The Labute approximate surface area is 415 Å². The lowest BCUT2D eigenvalue weighted by Crippen LogP contribution is -1.72. The Bertz CT molecular complexity index is 1740. The number of imidazole rings is 2. The highest BCUT2D eigenvalue weighted by molar-refractivity contribution is 7.09. The van der Waals surface area contributed by atoms with Crippen LogP contribution in [-0.2, 0) is 0 Å². The van der Waals surface area contributed by atoms with E-state index in [1.54, 1.807) is 89.9 Å². The summed E-state index contributed by atoms with van der Waals surface area (Å²) in [6.07, 6.45) is 19.6. The molecule has 13 heteroatoms. The summed E-state index contributed by atoms with van der Waals surface area (Å²) in [5.41, 5.74) is 10.7. The molecule has 0 atom stereocenters. The van der Waals surface area contributed by atoms with Gasteiger partial charge in [0.05, 0.1) is 22.4 Å². The SMILES string of the molecule is C.C.C.C.C.C.C.C.Cc1ccccc1.Cc1ccccn1.Cc1cccnc1.Cc1ccncc1.Cc1cnc[nH]1.Cc1cncs1.Cc1cscn1.Cc1ncc[nH]1.Cc1nccs1. The van der Waals surface area contributed by atoms with Gasteiger partial charge in [0.1, 0.15) is 5.82 Å². The molecule has 8 aromatic heterocycles. The van der Waals surface area contributed by atoms with Crippen molar-refractivity contribution in [2.24, 2.45) is 0 Å². The van der Waals surface area contributed by atoms with Gasteiger partial charge < -0.3 is 9.97 Å². The van der Waals surface area contributed by atoms with Gasteiger partial charge in [-0.15, -0.1) is 34.0 Å². The molecule has 9 aromatic rings. The molecule has 0 unspecified atom stereocenters. The van der Waals surface area contributed by atoms with Gasteiger partial charge in [-0.1, -0.05) is 107 Å². The first-order chi connectivity index (χ1) is 28.0. The Hall–Kier alpha value is -6.02. The van der Waals surface area contributed by atoms with Gasteiger partial charge in [-0.2, -0.15) is 0 Å². The van der Waals surface area contributed by atoms with Crippen molar-refractivity contribution in [3.05, 3.63) is 212 Å². The highest BCUT2D eigenvalue weighted by atomic mass is 32.1. The zero-order valence-electron chi connectivity index (χ0n) is 34.9. The lowest BCUT2D eigenvalue weighted by Gasteiger charge is -1.82. The fraction of sp³-hybridized carbons (Fsp3) is 0.321. The van der Waals surface area contributed by atoms with Gasteiger partial charge in [0.2, 0.25) is 0 Å². The fourth-order valence-electron chi connectivity index (χ4n) is 3.37. The Morgan fingerprint density at radius 1 is 0.424 bits per heavy atom. The number of nitrogens with zero attached hydrogens (tertiary/aromatic N) is 8. The number of benzene rings is 1. The number of thiazole rings is 3. The number of hydrogen-bond donors (Lipinski definition) is 2. The third-order valence-corrected chi connectivity index (χ3v) is 8.46. The second-order valence-electron chi connectivity index (χ2n) is 11.9. The molecule has 0 fully saturated rings. The molecule has 0 amide bonds. The summed E-state index contributed by atoms with van der Waals surface area (Å²) < 4.78 is 0. The maximum absolute atomic E-state index is 3.98. The molecule has 0 bridgehead atoms. The Kier molecular flexibility index (Phi) is 62.4. The van der Waals surface area contributed by atoms with Gasteiger partial charge in [0.15, 0.2) is 0 Å². The predicted octanol–water partition coefficient (Wildman–Crippen LogP) is 17.0. The van der Waals surface area contributed by atoms with Crippen molar-refractivity contribution in [2.45, 2.75) is 122 Å². The van der Waals surface area contributed by atoms with Crippen molar-refractivity contribution < 1.29 is 0 Å². The number of hydrogen-bond acceptors (Lipinski definition) is 11. The van der Waals surface area contributed by atoms with Crippen molar-refractivity contribution in [1.82, 2.24) is 49.8 Å². The molecule has 368 valence electrons. The molecule has 1 aromatic carbocycles. The molecule has 0 radical (unpaired) electrons. The van der Waals surface area contributed by atoms with Crippen molar-refractivity contribution in [3.8, 4) is 0 Å². The van der Waals surface area contributed by atoms with Gasteiger partial charge in [-0.25, -0.2) is 9.97 Å². The van der Waals surface area contributed by atoms with Crippen LogP contribution < -0.4 is 0 Å². The van der Waals surface area contributed by atoms with E-state index >= 15 is 0 Å². The van der Waals surface area contributed by atoms with Crippen LogP contribution >= 0.6 is 34.0 Å². The van der Waals surface area contributed by atoms with Gasteiger partial charge >= 0.3 is 0 Å². The summed E-state index contributed by atoms with van der Waals surface area (Å²) in [5.74, 6) is 0.968.